The first-order valence-corrected chi connectivity index (χ1v) is 6.92. The van der Waals surface area contributed by atoms with Crippen LogP contribution in [-0.2, 0) is 0 Å². The summed E-state index contributed by atoms with van der Waals surface area (Å²) in [7, 11) is 0. The highest BCUT2D eigenvalue weighted by molar-refractivity contribution is 5.94. The molecule has 0 aliphatic rings. The van der Waals surface area contributed by atoms with E-state index < -0.39 is 6.10 Å². The Morgan fingerprint density at radius 1 is 1.19 bits per heavy atom. The topological polar surface area (TPSA) is 90.2 Å². The summed E-state index contributed by atoms with van der Waals surface area (Å²) in [6.07, 6.45) is -0.726. The van der Waals surface area contributed by atoms with Crippen LogP contribution in [0.3, 0.4) is 0 Å². The molecule has 0 radical (unpaired) electrons. The number of ketones is 1. The van der Waals surface area contributed by atoms with Gasteiger partial charge < -0.3 is 20.1 Å². The number of hydrogen-bond acceptors (Lipinski definition) is 6. The summed E-state index contributed by atoms with van der Waals surface area (Å²) in [6, 6.07) is 6.72. The Kier molecular flexibility index (Phi) is 7.92. The second kappa shape index (κ2) is 9.46. The number of carbonyl (C=O) groups excluding carboxylic acids is 1. The van der Waals surface area contributed by atoms with Gasteiger partial charge in [0.2, 0.25) is 0 Å². The molecule has 0 aliphatic heterocycles. The summed E-state index contributed by atoms with van der Waals surface area (Å²) in [5.74, 6) is 0.570. The molecule has 0 aromatic heterocycles. The second-order valence-electron chi connectivity index (χ2n) is 4.79. The van der Waals surface area contributed by atoms with Crippen LogP contribution in [0.25, 0.3) is 0 Å². The lowest BCUT2D eigenvalue weighted by atomic mass is 10.1. The Hall–Kier alpha value is -1.47. The maximum Gasteiger partial charge on any atom is 0.159 e. The lowest BCUT2D eigenvalue weighted by Crippen LogP contribution is -2.38. The molecule has 21 heavy (non-hydrogen) atoms. The van der Waals surface area contributed by atoms with Gasteiger partial charge in [0.1, 0.15) is 18.5 Å². The molecule has 0 bridgehead atoms. The fourth-order valence-electron chi connectivity index (χ4n) is 1.91. The van der Waals surface area contributed by atoms with Crippen LogP contribution in [0, 0.1) is 0 Å². The molecule has 0 saturated carbocycles. The Morgan fingerprint density at radius 2 is 1.76 bits per heavy atom. The highest BCUT2D eigenvalue weighted by Crippen LogP contribution is 2.13. The van der Waals surface area contributed by atoms with Crippen molar-refractivity contribution in [3.63, 3.8) is 0 Å². The van der Waals surface area contributed by atoms with E-state index in [0.29, 0.717) is 30.9 Å². The van der Waals surface area contributed by atoms with Crippen LogP contribution in [0.4, 0.5) is 0 Å². The van der Waals surface area contributed by atoms with Gasteiger partial charge in [-0.05, 0) is 31.2 Å². The van der Waals surface area contributed by atoms with E-state index in [0.717, 1.165) is 0 Å². The van der Waals surface area contributed by atoms with Crippen LogP contribution in [0.2, 0.25) is 0 Å². The number of benzene rings is 1. The van der Waals surface area contributed by atoms with Gasteiger partial charge in [-0.3, -0.25) is 9.69 Å². The summed E-state index contributed by atoms with van der Waals surface area (Å²) >= 11 is 0. The van der Waals surface area contributed by atoms with Crippen molar-refractivity contribution in [2.75, 3.05) is 39.5 Å². The molecule has 118 valence electrons. The zero-order valence-corrected chi connectivity index (χ0v) is 12.2. The standard InChI is InChI=1S/C15H23NO5/c1-12(19)13-2-4-15(5-3-13)21-11-14(20)10-16(6-8-17)7-9-18/h2-5,14,17-18,20H,6-11H2,1H3/t14-/m1/s1. The van der Waals surface area contributed by atoms with Crippen molar-refractivity contribution < 1.29 is 24.9 Å². The third kappa shape index (κ3) is 6.68. The lowest BCUT2D eigenvalue weighted by molar-refractivity contribution is 0.0552. The van der Waals surface area contributed by atoms with Crippen molar-refractivity contribution >= 4 is 5.78 Å². The number of carbonyl (C=O) groups is 1. The number of nitrogens with zero attached hydrogens (tertiary/aromatic N) is 1. The molecule has 1 rings (SSSR count). The molecule has 6 nitrogen and oxygen atoms in total. The minimum absolute atomic E-state index is 0.00904. The average molecular weight is 297 g/mol. The molecule has 3 N–H and O–H groups in total. The van der Waals surface area contributed by atoms with Crippen LogP contribution in [-0.4, -0.2) is 71.6 Å². The first kappa shape index (κ1) is 17.6. The van der Waals surface area contributed by atoms with Crippen LogP contribution in [0.5, 0.6) is 5.75 Å². The van der Waals surface area contributed by atoms with Crippen molar-refractivity contribution in [2.24, 2.45) is 0 Å². The maximum absolute atomic E-state index is 11.1. The number of hydrogen-bond donors (Lipinski definition) is 3. The normalized spacial score (nSPS) is 12.4. The van der Waals surface area contributed by atoms with Crippen molar-refractivity contribution in [3.8, 4) is 5.75 Å². The first-order valence-electron chi connectivity index (χ1n) is 6.92. The summed E-state index contributed by atoms with van der Waals surface area (Å²) in [5.41, 5.74) is 0.611. The molecule has 0 amide bonds. The Balaban J connectivity index is 2.40. The third-order valence-corrected chi connectivity index (χ3v) is 3.00. The smallest absolute Gasteiger partial charge is 0.159 e. The quantitative estimate of drug-likeness (QED) is 0.523. The van der Waals surface area contributed by atoms with Crippen molar-refractivity contribution in [2.45, 2.75) is 13.0 Å². The Bertz CT molecular complexity index is 415. The highest BCUT2D eigenvalue weighted by Gasteiger charge is 2.12. The molecule has 0 unspecified atom stereocenters. The van der Waals surface area contributed by atoms with E-state index in [1.807, 2.05) is 0 Å². The van der Waals surface area contributed by atoms with Gasteiger partial charge in [0, 0.05) is 25.2 Å². The molecule has 0 saturated heterocycles. The number of aliphatic hydroxyl groups excluding tert-OH is 3. The van der Waals surface area contributed by atoms with E-state index in [-0.39, 0.29) is 25.6 Å². The monoisotopic (exact) mass is 297 g/mol. The molecule has 1 aromatic rings. The van der Waals surface area contributed by atoms with Gasteiger partial charge in [0.05, 0.1) is 13.2 Å². The Morgan fingerprint density at radius 3 is 2.24 bits per heavy atom. The van der Waals surface area contributed by atoms with Crippen molar-refractivity contribution in [1.82, 2.24) is 4.90 Å². The summed E-state index contributed by atoms with van der Waals surface area (Å²) < 4.78 is 5.45. The largest absolute Gasteiger partial charge is 0.491 e. The third-order valence-electron chi connectivity index (χ3n) is 3.00. The molecule has 0 aliphatic carbocycles. The van der Waals surface area contributed by atoms with Crippen LogP contribution < -0.4 is 4.74 Å². The van der Waals surface area contributed by atoms with Gasteiger partial charge in [-0.1, -0.05) is 0 Å². The fourth-order valence-corrected chi connectivity index (χ4v) is 1.91. The number of rotatable bonds is 10. The van der Waals surface area contributed by atoms with Gasteiger partial charge in [-0.15, -0.1) is 0 Å². The number of Topliss-reactive ketones (excluding diaryl/α,β-unsaturated/α-hetero) is 1. The molecule has 0 heterocycles. The van der Waals surface area contributed by atoms with Gasteiger partial charge in [0.15, 0.2) is 5.78 Å². The van der Waals surface area contributed by atoms with Crippen LogP contribution in [0.1, 0.15) is 17.3 Å². The highest BCUT2D eigenvalue weighted by atomic mass is 16.5. The Labute approximate surface area is 124 Å². The van der Waals surface area contributed by atoms with Crippen LogP contribution >= 0.6 is 0 Å². The van der Waals surface area contributed by atoms with Gasteiger partial charge in [-0.25, -0.2) is 0 Å². The molecular formula is C15H23NO5. The molecule has 1 aromatic carbocycles. The van der Waals surface area contributed by atoms with E-state index in [9.17, 15) is 9.90 Å². The summed E-state index contributed by atoms with van der Waals surface area (Å²) in [5, 5.41) is 27.7. The molecule has 0 spiro atoms. The van der Waals surface area contributed by atoms with Crippen molar-refractivity contribution in [3.05, 3.63) is 29.8 Å². The van der Waals surface area contributed by atoms with E-state index in [4.69, 9.17) is 14.9 Å². The van der Waals surface area contributed by atoms with E-state index >= 15 is 0 Å². The summed E-state index contributed by atoms with van der Waals surface area (Å²) in [6.45, 7) is 2.64. The molecular weight excluding hydrogens is 274 g/mol. The van der Waals surface area contributed by atoms with Gasteiger partial charge in [-0.2, -0.15) is 0 Å². The molecule has 0 fully saturated rings. The predicted molar refractivity (Wildman–Crippen MR) is 78.6 cm³/mol. The van der Waals surface area contributed by atoms with E-state index in [2.05, 4.69) is 0 Å². The van der Waals surface area contributed by atoms with E-state index in [1.165, 1.54) is 6.92 Å². The zero-order chi connectivity index (χ0) is 15.7. The SMILES string of the molecule is CC(=O)c1ccc(OC[C@H](O)CN(CCO)CCO)cc1. The minimum Gasteiger partial charge on any atom is -0.491 e. The maximum atomic E-state index is 11.1. The number of ether oxygens (including phenoxy) is 1. The number of aliphatic hydroxyl groups is 3. The average Bonchev–Trinajstić information content (AvgIpc) is 2.46. The van der Waals surface area contributed by atoms with Crippen molar-refractivity contribution in [1.29, 1.82) is 0 Å². The van der Waals surface area contributed by atoms with Crippen LogP contribution in [0.15, 0.2) is 24.3 Å². The lowest BCUT2D eigenvalue weighted by Gasteiger charge is -2.23. The fraction of sp³-hybridized carbons (Fsp3) is 0.533. The second-order valence-corrected chi connectivity index (χ2v) is 4.79. The summed E-state index contributed by atoms with van der Waals surface area (Å²) in [4.78, 5) is 12.9. The minimum atomic E-state index is -0.726. The van der Waals surface area contributed by atoms with E-state index in [1.54, 1.807) is 29.2 Å². The van der Waals surface area contributed by atoms with Gasteiger partial charge >= 0.3 is 0 Å². The first-order chi connectivity index (χ1) is 10.1. The zero-order valence-electron chi connectivity index (χ0n) is 12.2. The van der Waals surface area contributed by atoms with Gasteiger partial charge in [0.25, 0.3) is 0 Å². The predicted octanol–water partition coefficient (Wildman–Crippen LogP) is -0.0845. The molecule has 1 atom stereocenters. The molecule has 6 heteroatoms.